The summed E-state index contributed by atoms with van der Waals surface area (Å²) in [6.07, 6.45) is 7.08. The van der Waals surface area contributed by atoms with Gasteiger partial charge in [0, 0.05) is 18.8 Å². The van der Waals surface area contributed by atoms with Crippen LogP contribution in [0.5, 0.6) is 0 Å². The van der Waals surface area contributed by atoms with E-state index < -0.39 is 5.97 Å². The Balaban J connectivity index is 1.76. The van der Waals surface area contributed by atoms with E-state index in [9.17, 15) is 4.79 Å². The Hall–Kier alpha value is -1.38. The summed E-state index contributed by atoms with van der Waals surface area (Å²) in [6, 6.07) is 4.06. The van der Waals surface area contributed by atoms with Gasteiger partial charge >= 0.3 is 5.97 Å². The molecule has 3 heteroatoms. The van der Waals surface area contributed by atoms with Gasteiger partial charge in [0.25, 0.3) is 0 Å². The Morgan fingerprint density at radius 2 is 2.33 bits per heavy atom. The Kier molecular flexibility index (Phi) is 2.99. The molecule has 1 saturated carbocycles. The molecule has 3 nitrogen and oxygen atoms in total. The molecule has 1 N–H and O–H groups in total. The second-order valence-electron chi connectivity index (χ2n) is 4.25. The van der Waals surface area contributed by atoms with Crippen molar-refractivity contribution in [1.82, 2.24) is 4.98 Å². The molecule has 1 aromatic heterocycles. The summed E-state index contributed by atoms with van der Waals surface area (Å²) in [7, 11) is 0. The lowest BCUT2D eigenvalue weighted by Crippen LogP contribution is -2.22. The summed E-state index contributed by atoms with van der Waals surface area (Å²) in [5.41, 5.74) is 1.30. The van der Waals surface area contributed by atoms with Gasteiger partial charge in [0.05, 0.1) is 0 Å². The fourth-order valence-electron chi connectivity index (χ4n) is 2.19. The molecule has 2 rings (SSSR count). The van der Waals surface area contributed by atoms with E-state index in [-0.39, 0.29) is 0 Å². The van der Waals surface area contributed by atoms with Crippen LogP contribution in [0.3, 0.4) is 0 Å². The van der Waals surface area contributed by atoms with Crippen LogP contribution in [-0.2, 0) is 4.79 Å². The standard InChI is InChI=1S/C12H15NO2/c14-12(15)4-3-9-6-11(7-9)10-2-1-5-13-8-10/h1-2,5,8-9,11H,3-4,6-7H2,(H,14,15). The monoisotopic (exact) mass is 205 g/mol. The van der Waals surface area contributed by atoms with Gasteiger partial charge in [0.15, 0.2) is 0 Å². The average molecular weight is 205 g/mol. The normalized spacial score (nSPS) is 24.5. The summed E-state index contributed by atoms with van der Waals surface area (Å²) in [6.45, 7) is 0. The number of hydrogen-bond donors (Lipinski definition) is 1. The van der Waals surface area contributed by atoms with E-state index in [2.05, 4.69) is 11.1 Å². The lowest BCUT2D eigenvalue weighted by atomic mass is 9.70. The highest BCUT2D eigenvalue weighted by atomic mass is 16.4. The van der Waals surface area contributed by atoms with Crippen molar-refractivity contribution >= 4 is 5.97 Å². The smallest absolute Gasteiger partial charge is 0.303 e. The second kappa shape index (κ2) is 4.43. The Labute approximate surface area is 89.2 Å². The van der Waals surface area contributed by atoms with Gasteiger partial charge in [-0.15, -0.1) is 0 Å². The average Bonchev–Trinajstić information content (AvgIpc) is 2.16. The topological polar surface area (TPSA) is 50.2 Å². The fourth-order valence-corrected chi connectivity index (χ4v) is 2.19. The molecule has 0 bridgehead atoms. The zero-order valence-corrected chi connectivity index (χ0v) is 8.60. The van der Waals surface area contributed by atoms with E-state index in [1.807, 2.05) is 12.3 Å². The van der Waals surface area contributed by atoms with E-state index in [4.69, 9.17) is 5.11 Å². The third-order valence-electron chi connectivity index (χ3n) is 3.16. The van der Waals surface area contributed by atoms with Crippen molar-refractivity contribution in [3.63, 3.8) is 0 Å². The molecule has 0 spiro atoms. The van der Waals surface area contributed by atoms with Gasteiger partial charge in [-0.3, -0.25) is 9.78 Å². The molecule has 1 aliphatic rings. The summed E-state index contributed by atoms with van der Waals surface area (Å²) in [5.74, 6) is 0.531. The van der Waals surface area contributed by atoms with Crippen LogP contribution in [0.1, 0.15) is 37.2 Å². The summed E-state index contributed by atoms with van der Waals surface area (Å²) >= 11 is 0. The van der Waals surface area contributed by atoms with Crippen molar-refractivity contribution in [2.24, 2.45) is 5.92 Å². The van der Waals surface area contributed by atoms with Crippen LogP contribution >= 0.6 is 0 Å². The summed E-state index contributed by atoms with van der Waals surface area (Å²) < 4.78 is 0. The number of pyridine rings is 1. The molecule has 1 fully saturated rings. The number of nitrogens with zero attached hydrogens (tertiary/aromatic N) is 1. The fraction of sp³-hybridized carbons (Fsp3) is 0.500. The van der Waals surface area contributed by atoms with Crippen LogP contribution in [0.2, 0.25) is 0 Å². The highest BCUT2D eigenvalue weighted by Crippen LogP contribution is 2.43. The van der Waals surface area contributed by atoms with Crippen molar-refractivity contribution in [3.8, 4) is 0 Å². The van der Waals surface area contributed by atoms with E-state index in [0.29, 0.717) is 18.3 Å². The number of carboxylic acid groups (broad SMARTS) is 1. The molecule has 15 heavy (non-hydrogen) atoms. The second-order valence-corrected chi connectivity index (χ2v) is 4.25. The summed E-state index contributed by atoms with van der Waals surface area (Å²) in [4.78, 5) is 14.5. The molecule has 0 aromatic carbocycles. The van der Waals surface area contributed by atoms with Gasteiger partial charge < -0.3 is 5.11 Å². The quantitative estimate of drug-likeness (QED) is 0.821. The van der Waals surface area contributed by atoms with E-state index >= 15 is 0 Å². The van der Waals surface area contributed by atoms with Crippen LogP contribution < -0.4 is 0 Å². The Bertz CT molecular complexity index is 331. The molecule has 0 unspecified atom stereocenters. The molecule has 1 heterocycles. The molecular weight excluding hydrogens is 190 g/mol. The maximum Gasteiger partial charge on any atom is 0.303 e. The maximum atomic E-state index is 10.4. The first-order chi connectivity index (χ1) is 7.25. The minimum Gasteiger partial charge on any atom is -0.481 e. The van der Waals surface area contributed by atoms with Crippen molar-refractivity contribution in [2.75, 3.05) is 0 Å². The SMILES string of the molecule is O=C(O)CCC1CC(c2cccnc2)C1. The van der Waals surface area contributed by atoms with Crippen LogP contribution in [0, 0.1) is 5.92 Å². The van der Waals surface area contributed by atoms with Gasteiger partial charge in [-0.05, 0) is 42.7 Å². The first-order valence-electron chi connectivity index (χ1n) is 5.37. The van der Waals surface area contributed by atoms with Crippen molar-refractivity contribution in [1.29, 1.82) is 0 Å². The number of aliphatic carboxylic acids is 1. The van der Waals surface area contributed by atoms with Gasteiger partial charge in [0.2, 0.25) is 0 Å². The molecule has 0 amide bonds. The minimum absolute atomic E-state index is 0.310. The Morgan fingerprint density at radius 1 is 1.53 bits per heavy atom. The van der Waals surface area contributed by atoms with Crippen molar-refractivity contribution in [3.05, 3.63) is 30.1 Å². The lowest BCUT2D eigenvalue weighted by molar-refractivity contribution is -0.137. The maximum absolute atomic E-state index is 10.4. The lowest BCUT2D eigenvalue weighted by Gasteiger charge is -2.35. The third-order valence-corrected chi connectivity index (χ3v) is 3.16. The predicted octanol–water partition coefficient (Wildman–Crippen LogP) is 2.44. The van der Waals surface area contributed by atoms with E-state index in [1.54, 1.807) is 6.20 Å². The van der Waals surface area contributed by atoms with Crippen molar-refractivity contribution < 1.29 is 9.90 Å². The molecule has 0 aliphatic heterocycles. The number of rotatable bonds is 4. The van der Waals surface area contributed by atoms with Gasteiger partial charge in [-0.1, -0.05) is 6.07 Å². The minimum atomic E-state index is -0.681. The summed E-state index contributed by atoms with van der Waals surface area (Å²) in [5, 5.41) is 8.55. The number of hydrogen-bond acceptors (Lipinski definition) is 2. The zero-order chi connectivity index (χ0) is 10.7. The van der Waals surface area contributed by atoms with Crippen LogP contribution in [0.25, 0.3) is 0 Å². The predicted molar refractivity (Wildman–Crippen MR) is 56.6 cm³/mol. The first kappa shape index (κ1) is 10.1. The largest absolute Gasteiger partial charge is 0.481 e. The highest BCUT2D eigenvalue weighted by Gasteiger charge is 2.30. The highest BCUT2D eigenvalue weighted by molar-refractivity contribution is 5.66. The van der Waals surface area contributed by atoms with Gasteiger partial charge in [-0.25, -0.2) is 0 Å². The van der Waals surface area contributed by atoms with Crippen LogP contribution in [-0.4, -0.2) is 16.1 Å². The first-order valence-corrected chi connectivity index (χ1v) is 5.37. The molecule has 80 valence electrons. The number of carboxylic acids is 1. The molecule has 0 atom stereocenters. The number of carbonyl (C=O) groups is 1. The van der Waals surface area contributed by atoms with E-state index in [0.717, 1.165) is 19.3 Å². The number of aromatic nitrogens is 1. The zero-order valence-electron chi connectivity index (χ0n) is 8.60. The van der Waals surface area contributed by atoms with Gasteiger partial charge in [0.1, 0.15) is 0 Å². The van der Waals surface area contributed by atoms with Crippen LogP contribution in [0.4, 0.5) is 0 Å². The van der Waals surface area contributed by atoms with Crippen LogP contribution in [0.15, 0.2) is 24.5 Å². The van der Waals surface area contributed by atoms with Crippen molar-refractivity contribution in [2.45, 2.75) is 31.6 Å². The molecule has 1 aromatic rings. The molecule has 1 aliphatic carbocycles. The molecule has 0 radical (unpaired) electrons. The third kappa shape index (κ3) is 2.55. The van der Waals surface area contributed by atoms with E-state index in [1.165, 1.54) is 5.56 Å². The molecular formula is C12H15NO2. The Morgan fingerprint density at radius 3 is 2.93 bits per heavy atom. The molecule has 0 saturated heterocycles. The van der Waals surface area contributed by atoms with Gasteiger partial charge in [-0.2, -0.15) is 0 Å².